The lowest BCUT2D eigenvalue weighted by Crippen LogP contribution is -2.28. The zero-order chi connectivity index (χ0) is 14.7. The lowest BCUT2D eigenvalue weighted by Gasteiger charge is -2.12. The van der Waals surface area contributed by atoms with Gasteiger partial charge in [0, 0.05) is 43.2 Å². The van der Waals surface area contributed by atoms with Crippen molar-refractivity contribution in [3.8, 4) is 11.1 Å². The molecule has 0 aliphatic rings. The lowest BCUT2D eigenvalue weighted by molar-refractivity contribution is 0.154. The third-order valence-corrected chi connectivity index (χ3v) is 2.96. The topological polar surface area (TPSA) is 71.2 Å². The van der Waals surface area contributed by atoms with E-state index in [0.29, 0.717) is 17.7 Å². The summed E-state index contributed by atoms with van der Waals surface area (Å²) in [6, 6.07) is 1.13. The Balaban J connectivity index is 2.10. The average Bonchev–Trinajstić information content (AvgIpc) is 2.84. The molecule has 106 valence electrons. The van der Waals surface area contributed by atoms with E-state index in [1.165, 1.54) is 19.4 Å². The van der Waals surface area contributed by atoms with E-state index < -0.39 is 11.9 Å². The molecule has 2 aromatic heterocycles. The molecule has 20 heavy (non-hydrogen) atoms. The molecule has 1 amide bonds. The SMILES string of the molecule is CN(CCn1cc(-c2cnc(Cl)cc2F)cn1)C(=O)O. The summed E-state index contributed by atoms with van der Waals surface area (Å²) in [5.74, 6) is -0.479. The first-order chi connectivity index (χ1) is 9.47. The summed E-state index contributed by atoms with van der Waals surface area (Å²) in [5, 5.41) is 12.9. The summed E-state index contributed by atoms with van der Waals surface area (Å²) in [4.78, 5) is 15.6. The summed E-state index contributed by atoms with van der Waals surface area (Å²) in [7, 11) is 1.47. The van der Waals surface area contributed by atoms with Crippen molar-refractivity contribution in [1.29, 1.82) is 0 Å². The fourth-order valence-electron chi connectivity index (χ4n) is 1.59. The summed E-state index contributed by atoms with van der Waals surface area (Å²) in [6.07, 6.45) is 3.45. The van der Waals surface area contributed by atoms with Gasteiger partial charge in [-0.15, -0.1) is 0 Å². The molecular weight excluding hydrogens is 287 g/mol. The number of pyridine rings is 1. The molecule has 0 saturated carbocycles. The van der Waals surface area contributed by atoms with E-state index in [9.17, 15) is 9.18 Å². The second-order valence-corrected chi connectivity index (χ2v) is 4.57. The average molecular weight is 299 g/mol. The van der Waals surface area contributed by atoms with Crippen LogP contribution in [0.4, 0.5) is 9.18 Å². The van der Waals surface area contributed by atoms with Crippen molar-refractivity contribution in [2.75, 3.05) is 13.6 Å². The maximum absolute atomic E-state index is 13.7. The van der Waals surface area contributed by atoms with Crippen molar-refractivity contribution < 1.29 is 14.3 Å². The predicted molar refractivity (Wildman–Crippen MR) is 71.1 cm³/mol. The number of hydrogen-bond acceptors (Lipinski definition) is 3. The number of likely N-dealkylation sites (N-methyl/N-ethyl adjacent to an activating group) is 1. The Kier molecular flexibility index (Phi) is 4.19. The molecule has 0 unspecified atom stereocenters. The van der Waals surface area contributed by atoms with Gasteiger partial charge in [0.25, 0.3) is 0 Å². The Morgan fingerprint density at radius 2 is 2.30 bits per heavy atom. The predicted octanol–water partition coefficient (Wildman–Crippen LogP) is 2.35. The van der Waals surface area contributed by atoms with Crippen molar-refractivity contribution in [1.82, 2.24) is 19.7 Å². The van der Waals surface area contributed by atoms with Crippen LogP contribution in [0.5, 0.6) is 0 Å². The molecular formula is C12H12ClFN4O2. The highest BCUT2D eigenvalue weighted by Gasteiger charge is 2.10. The van der Waals surface area contributed by atoms with Gasteiger partial charge >= 0.3 is 6.09 Å². The van der Waals surface area contributed by atoms with Crippen molar-refractivity contribution in [3.05, 3.63) is 35.6 Å². The van der Waals surface area contributed by atoms with Crippen molar-refractivity contribution in [3.63, 3.8) is 0 Å². The molecule has 0 bridgehead atoms. The van der Waals surface area contributed by atoms with Crippen LogP contribution in [0, 0.1) is 5.82 Å². The molecule has 1 N–H and O–H groups in total. The number of nitrogens with zero attached hydrogens (tertiary/aromatic N) is 4. The summed E-state index contributed by atoms with van der Waals surface area (Å²) in [5.41, 5.74) is 0.858. The minimum Gasteiger partial charge on any atom is -0.465 e. The van der Waals surface area contributed by atoms with Gasteiger partial charge in [-0.05, 0) is 0 Å². The molecule has 0 spiro atoms. The van der Waals surface area contributed by atoms with E-state index in [4.69, 9.17) is 16.7 Å². The van der Waals surface area contributed by atoms with Crippen LogP contribution in [-0.4, -0.2) is 44.5 Å². The van der Waals surface area contributed by atoms with Crippen LogP contribution in [0.25, 0.3) is 11.1 Å². The van der Waals surface area contributed by atoms with Crippen molar-refractivity contribution in [2.24, 2.45) is 0 Å². The van der Waals surface area contributed by atoms with E-state index in [1.807, 2.05) is 0 Å². The van der Waals surface area contributed by atoms with Gasteiger partial charge in [-0.2, -0.15) is 5.10 Å². The van der Waals surface area contributed by atoms with E-state index >= 15 is 0 Å². The molecule has 2 heterocycles. The Hall–Kier alpha value is -2.15. The van der Waals surface area contributed by atoms with Gasteiger partial charge in [0.05, 0.1) is 12.7 Å². The van der Waals surface area contributed by atoms with Crippen LogP contribution in [0.15, 0.2) is 24.7 Å². The Morgan fingerprint density at radius 1 is 1.55 bits per heavy atom. The highest BCUT2D eigenvalue weighted by molar-refractivity contribution is 6.29. The maximum atomic E-state index is 13.7. The Labute approximate surface area is 119 Å². The van der Waals surface area contributed by atoms with Crippen LogP contribution in [0.3, 0.4) is 0 Å². The molecule has 0 aromatic carbocycles. The zero-order valence-corrected chi connectivity index (χ0v) is 11.4. The van der Waals surface area contributed by atoms with Crippen LogP contribution in [0.2, 0.25) is 5.15 Å². The zero-order valence-electron chi connectivity index (χ0n) is 10.6. The van der Waals surface area contributed by atoms with Crippen LogP contribution < -0.4 is 0 Å². The largest absolute Gasteiger partial charge is 0.465 e. The number of carboxylic acid groups (broad SMARTS) is 1. The fraction of sp³-hybridized carbons (Fsp3) is 0.250. The first kappa shape index (κ1) is 14.3. The highest BCUT2D eigenvalue weighted by atomic mass is 35.5. The molecule has 2 aromatic rings. The molecule has 2 rings (SSSR count). The first-order valence-electron chi connectivity index (χ1n) is 5.75. The van der Waals surface area contributed by atoms with Gasteiger partial charge in [-0.3, -0.25) is 4.68 Å². The number of hydrogen-bond donors (Lipinski definition) is 1. The second kappa shape index (κ2) is 5.87. The van der Waals surface area contributed by atoms with Gasteiger partial charge < -0.3 is 10.0 Å². The Morgan fingerprint density at radius 3 is 2.95 bits per heavy atom. The van der Waals surface area contributed by atoms with Gasteiger partial charge in [-0.1, -0.05) is 11.6 Å². The fourth-order valence-corrected chi connectivity index (χ4v) is 1.74. The second-order valence-electron chi connectivity index (χ2n) is 4.18. The summed E-state index contributed by atoms with van der Waals surface area (Å²) in [6.45, 7) is 0.670. The van der Waals surface area contributed by atoms with Crippen molar-refractivity contribution >= 4 is 17.7 Å². The highest BCUT2D eigenvalue weighted by Crippen LogP contribution is 2.22. The monoisotopic (exact) mass is 298 g/mol. The lowest BCUT2D eigenvalue weighted by atomic mass is 10.1. The van der Waals surface area contributed by atoms with E-state index in [2.05, 4.69) is 10.1 Å². The molecule has 0 atom stereocenters. The van der Waals surface area contributed by atoms with Gasteiger partial charge in [-0.25, -0.2) is 14.2 Å². The molecule has 0 aliphatic carbocycles. The van der Waals surface area contributed by atoms with E-state index in [0.717, 1.165) is 11.0 Å². The summed E-state index contributed by atoms with van der Waals surface area (Å²) >= 11 is 5.59. The van der Waals surface area contributed by atoms with E-state index in [1.54, 1.807) is 10.9 Å². The standard InChI is InChI=1S/C12H12ClFN4O2/c1-17(12(19)20)2-3-18-7-8(5-16-18)9-6-15-11(13)4-10(9)14/h4-7H,2-3H2,1H3,(H,19,20). The maximum Gasteiger partial charge on any atom is 0.407 e. The molecule has 0 aliphatic heterocycles. The number of aromatic nitrogens is 3. The van der Waals surface area contributed by atoms with Crippen LogP contribution in [-0.2, 0) is 6.54 Å². The number of rotatable bonds is 4. The molecule has 8 heteroatoms. The Bertz CT molecular complexity index is 632. The van der Waals surface area contributed by atoms with E-state index in [-0.39, 0.29) is 11.7 Å². The van der Waals surface area contributed by atoms with Gasteiger partial charge in [0.15, 0.2) is 0 Å². The van der Waals surface area contributed by atoms with Crippen molar-refractivity contribution in [2.45, 2.75) is 6.54 Å². The minimum absolute atomic E-state index is 0.0849. The molecule has 0 radical (unpaired) electrons. The number of carbonyl (C=O) groups is 1. The van der Waals surface area contributed by atoms with Crippen LogP contribution >= 0.6 is 11.6 Å². The van der Waals surface area contributed by atoms with Gasteiger partial charge in [0.2, 0.25) is 0 Å². The smallest absolute Gasteiger partial charge is 0.407 e. The minimum atomic E-state index is -1.01. The normalized spacial score (nSPS) is 10.6. The summed E-state index contributed by atoms with van der Waals surface area (Å²) < 4.78 is 15.3. The molecule has 0 saturated heterocycles. The third-order valence-electron chi connectivity index (χ3n) is 2.76. The number of halogens is 2. The molecule has 0 fully saturated rings. The number of amides is 1. The van der Waals surface area contributed by atoms with Crippen LogP contribution in [0.1, 0.15) is 0 Å². The van der Waals surface area contributed by atoms with Gasteiger partial charge in [0.1, 0.15) is 11.0 Å². The quantitative estimate of drug-likeness (QED) is 0.880. The first-order valence-corrected chi connectivity index (χ1v) is 6.13. The molecule has 6 nitrogen and oxygen atoms in total. The third kappa shape index (κ3) is 3.24.